The minimum atomic E-state index is -5.20. The van der Waals surface area contributed by atoms with Crippen LogP contribution in [0.2, 0.25) is 0 Å². The number of halogens is 6. The van der Waals surface area contributed by atoms with E-state index in [9.17, 15) is 26.3 Å². The predicted octanol–water partition coefficient (Wildman–Crippen LogP) is 4.86. The van der Waals surface area contributed by atoms with Gasteiger partial charge in [0.2, 0.25) is 0 Å². The van der Waals surface area contributed by atoms with Crippen molar-refractivity contribution in [2.24, 2.45) is 5.92 Å². The van der Waals surface area contributed by atoms with E-state index < -0.39 is 24.7 Å². The second-order valence-corrected chi connectivity index (χ2v) is 3.49. The maximum atomic E-state index is 12.1. The van der Waals surface area contributed by atoms with E-state index in [0.29, 0.717) is 12.8 Å². The summed E-state index contributed by atoms with van der Waals surface area (Å²) in [6.45, 7) is 1.74. The van der Waals surface area contributed by atoms with Crippen LogP contribution in [0.1, 0.15) is 32.6 Å². The van der Waals surface area contributed by atoms with Gasteiger partial charge in [0.05, 0.1) is 0 Å². The molecule has 6 heteroatoms. The van der Waals surface area contributed by atoms with E-state index in [1.807, 2.05) is 0 Å². The molecule has 0 aliphatic heterocycles. The van der Waals surface area contributed by atoms with Gasteiger partial charge < -0.3 is 0 Å². The van der Waals surface area contributed by atoms with E-state index in [2.05, 4.69) is 0 Å². The number of alkyl halides is 6. The van der Waals surface area contributed by atoms with E-state index >= 15 is 0 Å². The molecule has 0 unspecified atom stereocenters. The molecule has 0 nitrogen and oxygen atoms in total. The first-order chi connectivity index (χ1) is 7.19. The Kier molecular flexibility index (Phi) is 5.89. The van der Waals surface area contributed by atoms with Crippen LogP contribution in [0.5, 0.6) is 0 Å². The van der Waals surface area contributed by atoms with E-state index in [-0.39, 0.29) is 6.42 Å². The van der Waals surface area contributed by atoms with Crippen LogP contribution in [0.25, 0.3) is 0 Å². The fraction of sp³-hybridized carbons (Fsp3) is 0.800. The molecule has 0 bridgehead atoms. The fourth-order valence-electron chi connectivity index (χ4n) is 1.29. The van der Waals surface area contributed by atoms with Crippen molar-refractivity contribution >= 4 is 0 Å². The molecule has 0 saturated heterocycles. The quantitative estimate of drug-likeness (QED) is 0.370. The number of rotatable bonds is 5. The van der Waals surface area contributed by atoms with Crippen molar-refractivity contribution in [2.45, 2.75) is 45.0 Å². The van der Waals surface area contributed by atoms with Crippen LogP contribution in [0.15, 0.2) is 12.2 Å². The Hall–Kier alpha value is -0.680. The first kappa shape index (κ1) is 15.3. The third kappa shape index (κ3) is 6.02. The molecule has 0 rings (SSSR count). The van der Waals surface area contributed by atoms with Gasteiger partial charge in [0.1, 0.15) is 0 Å². The molecule has 0 spiro atoms. The maximum absolute atomic E-state index is 12.1. The molecule has 0 radical (unpaired) electrons. The first-order valence-corrected chi connectivity index (χ1v) is 4.94. The Bertz CT molecular complexity index is 198. The smallest absolute Gasteiger partial charge is 0.170 e. The highest BCUT2D eigenvalue weighted by Crippen LogP contribution is 2.42. The summed E-state index contributed by atoms with van der Waals surface area (Å²) in [5, 5.41) is 0. The molecule has 0 aromatic rings. The zero-order valence-electron chi connectivity index (χ0n) is 8.83. The number of hydrogen-bond donors (Lipinski definition) is 0. The van der Waals surface area contributed by atoms with Crippen molar-refractivity contribution in [1.29, 1.82) is 0 Å². The lowest BCUT2D eigenvalue weighted by molar-refractivity contribution is -0.285. The molecule has 0 N–H and O–H groups in total. The SMILES string of the molecule is CC=CCCCCC(C(F)(F)F)C(F)(F)F. The Labute approximate surface area is 90.3 Å². The summed E-state index contributed by atoms with van der Waals surface area (Å²) in [6, 6.07) is 0. The zero-order chi connectivity index (χ0) is 12.8. The van der Waals surface area contributed by atoms with Gasteiger partial charge in [0, 0.05) is 0 Å². The number of hydrogen-bond acceptors (Lipinski definition) is 0. The van der Waals surface area contributed by atoms with Gasteiger partial charge in [-0.15, -0.1) is 0 Å². The molecule has 0 aliphatic carbocycles. The lowest BCUT2D eigenvalue weighted by Gasteiger charge is -2.22. The molecule has 0 aromatic heterocycles. The van der Waals surface area contributed by atoms with Gasteiger partial charge >= 0.3 is 12.4 Å². The molecule has 0 heterocycles. The summed E-state index contributed by atoms with van der Waals surface area (Å²) in [7, 11) is 0. The van der Waals surface area contributed by atoms with Gasteiger partial charge in [-0.3, -0.25) is 0 Å². The molecular weight excluding hydrogens is 234 g/mol. The molecule has 0 aromatic carbocycles. The van der Waals surface area contributed by atoms with Gasteiger partial charge in [-0.25, -0.2) is 0 Å². The second-order valence-electron chi connectivity index (χ2n) is 3.49. The van der Waals surface area contributed by atoms with Crippen molar-refractivity contribution in [3.05, 3.63) is 12.2 Å². The van der Waals surface area contributed by atoms with Gasteiger partial charge in [0.25, 0.3) is 0 Å². The highest BCUT2D eigenvalue weighted by molar-refractivity contribution is 4.78. The minimum Gasteiger partial charge on any atom is -0.170 e. The monoisotopic (exact) mass is 248 g/mol. The van der Waals surface area contributed by atoms with Crippen molar-refractivity contribution < 1.29 is 26.3 Å². The topological polar surface area (TPSA) is 0 Å². The lowest BCUT2D eigenvalue weighted by atomic mass is 10.00. The maximum Gasteiger partial charge on any atom is 0.400 e. The standard InChI is InChI=1S/C10H14F6/c1-2-3-4-5-6-7-8(9(11,12)13)10(14,15)16/h2-3,8H,4-7H2,1H3. The van der Waals surface area contributed by atoms with E-state index in [0.717, 1.165) is 0 Å². The highest BCUT2D eigenvalue weighted by atomic mass is 19.4. The summed E-state index contributed by atoms with van der Waals surface area (Å²) >= 11 is 0. The van der Waals surface area contributed by atoms with Crippen LogP contribution in [0.4, 0.5) is 26.3 Å². The number of allylic oxidation sites excluding steroid dienone is 2. The van der Waals surface area contributed by atoms with Crippen LogP contribution in [0.3, 0.4) is 0 Å². The summed E-state index contributed by atoms with van der Waals surface area (Å²) in [6.07, 6.45) is -7.07. The molecule has 0 fully saturated rings. The third-order valence-corrected chi connectivity index (χ3v) is 2.14. The van der Waals surface area contributed by atoms with Crippen molar-refractivity contribution in [3.8, 4) is 0 Å². The minimum absolute atomic E-state index is 0.0754. The first-order valence-electron chi connectivity index (χ1n) is 4.94. The van der Waals surface area contributed by atoms with Gasteiger partial charge in [0.15, 0.2) is 5.92 Å². The average Bonchev–Trinajstić information content (AvgIpc) is 2.06. The zero-order valence-corrected chi connectivity index (χ0v) is 8.83. The summed E-state index contributed by atoms with van der Waals surface area (Å²) in [4.78, 5) is 0. The van der Waals surface area contributed by atoms with Gasteiger partial charge in [-0.05, 0) is 26.2 Å². The largest absolute Gasteiger partial charge is 0.400 e. The van der Waals surface area contributed by atoms with E-state index in [1.54, 1.807) is 19.1 Å². The van der Waals surface area contributed by atoms with Crippen molar-refractivity contribution in [1.82, 2.24) is 0 Å². The summed E-state index contributed by atoms with van der Waals surface area (Å²) in [5.41, 5.74) is 0. The Balaban J connectivity index is 4.15. The van der Waals surface area contributed by atoms with E-state index in [1.165, 1.54) is 0 Å². The van der Waals surface area contributed by atoms with Crippen molar-refractivity contribution in [2.75, 3.05) is 0 Å². The summed E-state index contributed by atoms with van der Waals surface area (Å²) < 4.78 is 72.3. The third-order valence-electron chi connectivity index (χ3n) is 2.14. The van der Waals surface area contributed by atoms with Crippen LogP contribution in [-0.4, -0.2) is 12.4 Å². The predicted molar refractivity (Wildman–Crippen MR) is 48.9 cm³/mol. The Morgan fingerprint density at radius 2 is 1.44 bits per heavy atom. The molecule has 96 valence electrons. The lowest BCUT2D eigenvalue weighted by Crippen LogP contribution is -2.36. The Morgan fingerprint density at radius 3 is 1.81 bits per heavy atom. The average molecular weight is 248 g/mol. The van der Waals surface area contributed by atoms with E-state index in [4.69, 9.17) is 0 Å². The fourth-order valence-corrected chi connectivity index (χ4v) is 1.29. The van der Waals surface area contributed by atoms with Crippen LogP contribution >= 0.6 is 0 Å². The Morgan fingerprint density at radius 1 is 0.938 bits per heavy atom. The molecule has 16 heavy (non-hydrogen) atoms. The second kappa shape index (κ2) is 6.15. The van der Waals surface area contributed by atoms with Crippen LogP contribution in [0, 0.1) is 5.92 Å². The van der Waals surface area contributed by atoms with Crippen LogP contribution in [-0.2, 0) is 0 Å². The summed E-state index contributed by atoms with van der Waals surface area (Å²) in [5.74, 6) is -3.19. The van der Waals surface area contributed by atoms with Gasteiger partial charge in [-0.1, -0.05) is 18.6 Å². The highest BCUT2D eigenvalue weighted by Gasteiger charge is 2.55. The molecular formula is C10H14F6. The van der Waals surface area contributed by atoms with Gasteiger partial charge in [-0.2, -0.15) is 26.3 Å². The normalized spacial score (nSPS) is 14.0. The number of unbranched alkanes of at least 4 members (excludes halogenated alkanes) is 2. The van der Waals surface area contributed by atoms with Crippen LogP contribution < -0.4 is 0 Å². The molecule has 0 atom stereocenters. The molecule has 0 amide bonds. The van der Waals surface area contributed by atoms with Crippen molar-refractivity contribution in [3.63, 3.8) is 0 Å². The molecule has 0 aliphatic rings. The molecule has 0 saturated carbocycles.